The number of fused-ring (bicyclic) bond motifs is 1. The summed E-state index contributed by atoms with van der Waals surface area (Å²) in [4.78, 5) is 24.0. The molecule has 0 radical (unpaired) electrons. The molecule has 158 valence electrons. The lowest BCUT2D eigenvalue weighted by Crippen LogP contribution is -2.37. The molecule has 0 unspecified atom stereocenters. The molecule has 0 saturated carbocycles. The fourth-order valence-corrected chi connectivity index (χ4v) is 3.96. The second kappa shape index (κ2) is 9.63. The maximum Gasteiger partial charge on any atom is 0.251 e. The number of hydrogen-bond donors (Lipinski definition) is 1. The molecule has 1 N–H and O–H groups in total. The third-order valence-electron chi connectivity index (χ3n) is 4.76. The molecule has 1 aromatic carbocycles. The first-order valence-corrected chi connectivity index (χ1v) is 11.2. The summed E-state index contributed by atoms with van der Waals surface area (Å²) in [6, 6.07) is 6.82. The van der Waals surface area contributed by atoms with Gasteiger partial charge in [0.15, 0.2) is 10.8 Å². The minimum Gasteiger partial charge on any atom is -0.378 e. The topological polar surface area (TPSA) is 85.2 Å². The summed E-state index contributed by atoms with van der Waals surface area (Å²) in [5.41, 5.74) is 1.35. The van der Waals surface area contributed by atoms with Crippen molar-refractivity contribution in [3.05, 3.63) is 41.0 Å². The summed E-state index contributed by atoms with van der Waals surface area (Å²) >= 11 is 7.49. The van der Waals surface area contributed by atoms with Crippen LogP contribution in [0.2, 0.25) is 5.02 Å². The Bertz CT molecular complexity index is 1020. The van der Waals surface area contributed by atoms with Crippen LogP contribution in [0.3, 0.4) is 0 Å². The number of ether oxygens (including phenoxy) is 1. The van der Waals surface area contributed by atoms with Crippen LogP contribution in [0.25, 0.3) is 11.0 Å². The van der Waals surface area contributed by atoms with Gasteiger partial charge in [-0.2, -0.15) is 5.10 Å². The Morgan fingerprint density at radius 3 is 2.73 bits per heavy atom. The lowest BCUT2D eigenvalue weighted by Gasteiger charge is -2.28. The lowest BCUT2D eigenvalue weighted by atomic mass is 10.2. The number of nitrogens with one attached hydrogen (secondary N) is 1. The van der Waals surface area contributed by atoms with Crippen LogP contribution in [-0.4, -0.2) is 64.3 Å². The molecule has 1 aliphatic heterocycles. The van der Waals surface area contributed by atoms with Crippen LogP contribution < -0.4 is 10.2 Å². The van der Waals surface area contributed by atoms with E-state index in [-0.39, 0.29) is 5.91 Å². The Morgan fingerprint density at radius 2 is 2.00 bits per heavy atom. The number of rotatable bonds is 7. The highest BCUT2D eigenvalue weighted by Gasteiger charge is 2.20. The summed E-state index contributed by atoms with van der Waals surface area (Å²) in [6.45, 7) is 5.99. The Morgan fingerprint density at radius 1 is 1.23 bits per heavy atom. The molecule has 30 heavy (non-hydrogen) atoms. The molecule has 0 spiro atoms. The van der Waals surface area contributed by atoms with E-state index in [9.17, 15) is 4.79 Å². The van der Waals surface area contributed by atoms with E-state index in [0.717, 1.165) is 40.9 Å². The summed E-state index contributed by atoms with van der Waals surface area (Å²) in [5.74, 6) is 1.64. The Hall–Kier alpha value is -2.36. The molecule has 10 heteroatoms. The zero-order valence-electron chi connectivity index (χ0n) is 16.7. The van der Waals surface area contributed by atoms with Crippen molar-refractivity contribution in [1.82, 2.24) is 25.1 Å². The molecule has 1 aliphatic rings. The number of morpholine rings is 1. The SMILES string of the molecule is CCSc1nc(N2CCOCC2)c2cnn(CCNC(=O)c3ccc(Cl)cc3)c2n1. The van der Waals surface area contributed by atoms with Crippen molar-refractivity contribution in [2.45, 2.75) is 18.6 Å². The molecular weight excluding hydrogens is 424 g/mol. The zero-order chi connectivity index (χ0) is 20.9. The molecule has 4 rings (SSSR count). The van der Waals surface area contributed by atoms with Crippen molar-refractivity contribution in [2.75, 3.05) is 43.5 Å². The highest BCUT2D eigenvalue weighted by atomic mass is 35.5. The number of aromatic nitrogens is 4. The van der Waals surface area contributed by atoms with E-state index < -0.39 is 0 Å². The molecule has 0 bridgehead atoms. The highest BCUT2D eigenvalue weighted by molar-refractivity contribution is 7.99. The van der Waals surface area contributed by atoms with Crippen molar-refractivity contribution in [1.29, 1.82) is 0 Å². The zero-order valence-corrected chi connectivity index (χ0v) is 18.2. The van der Waals surface area contributed by atoms with Gasteiger partial charge < -0.3 is 15.0 Å². The van der Waals surface area contributed by atoms with Crippen LogP contribution in [-0.2, 0) is 11.3 Å². The monoisotopic (exact) mass is 446 g/mol. The number of halogens is 1. The number of benzene rings is 1. The third-order valence-corrected chi connectivity index (χ3v) is 5.74. The largest absolute Gasteiger partial charge is 0.378 e. The van der Waals surface area contributed by atoms with Crippen molar-refractivity contribution in [3.8, 4) is 0 Å². The first-order chi connectivity index (χ1) is 14.7. The van der Waals surface area contributed by atoms with Crippen LogP contribution in [0.5, 0.6) is 0 Å². The molecule has 2 aromatic heterocycles. The van der Waals surface area contributed by atoms with Gasteiger partial charge in [0.1, 0.15) is 5.82 Å². The summed E-state index contributed by atoms with van der Waals surface area (Å²) < 4.78 is 7.30. The number of amides is 1. The van der Waals surface area contributed by atoms with Crippen molar-refractivity contribution < 1.29 is 9.53 Å². The minimum atomic E-state index is -0.144. The molecule has 1 fully saturated rings. The second-order valence-electron chi connectivity index (χ2n) is 6.73. The van der Waals surface area contributed by atoms with Gasteiger partial charge in [0.25, 0.3) is 5.91 Å². The molecule has 1 amide bonds. The van der Waals surface area contributed by atoms with Crippen molar-refractivity contribution >= 4 is 46.1 Å². The third kappa shape index (κ3) is 4.69. The molecular formula is C20H23ClN6O2S. The van der Waals surface area contributed by atoms with Crippen LogP contribution >= 0.6 is 23.4 Å². The molecule has 1 saturated heterocycles. The first-order valence-electron chi connectivity index (χ1n) is 9.88. The van der Waals surface area contributed by atoms with E-state index in [0.29, 0.717) is 36.9 Å². The van der Waals surface area contributed by atoms with Crippen molar-refractivity contribution in [3.63, 3.8) is 0 Å². The summed E-state index contributed by atoms with van der Waals surface area (Å²) in [6.07, 6.45) is 1.81. The van der Waals surface area contributed by atoms with E-state index in [1.165, 1.54) is 0 Å². The number of anilines is 1. The second-order valence-corrected chi connectivity index (χ2v) is 8.40. The average Bonchev–Trinajstić information content (AvgIpc) is 3.17. The molecule has 3 aromatic rings. The van der Waals surface area contributed by atoms with E-state index in [1.54, 1.807) is 36.0 Å². The predicted octanol–water partition coefficient (Wildman–Crippen LogP) is 2.86. The van der Waals surface area contributed by atoms with E-state index >= 15 is 0 Å². The Balaban J connectivity index is 1.51. The average molecular weight is 447 g/mol. The Labute approximate surface area is 184 Å². The molecule has 3 heterocycles. The normalized spacial score (nSPS) is 14.3. The number of thioether (sulfide) groups is 1. The van der Waals surface area contributed by atoms with Gasteiger partial charge in [0.2, 0.25) is 0 Å². The van der Waals surface area contributed by atoms with Gasteiger partial charge in [-0.05, 0) is 30.0 Å². The standard InChI is InChI=1S/C20H23ClN6O2S/c1-2-30-20-24-17(26-9-11-29-12-10-26)16-13-23-27(18(16)25-20)8-7-22-19(28)14-3-5-15(21)6-4-14/h3-6,13H,2,7-12H2,1H3,(H,22,28). The predicted molar refractivity (Wildman–Crippen MR) is 119 cm³/mol. The van der Waals surface area contributed by atoms with Crippen LogP contribution in [0, 0.1) is 0 Å². The van der Waals surface area contributed by atoms with Gasteiger partial charge in [0.05, 0.1) is 31.3 Å². The van der Waals surface area contributed by atoms with E-state index in [2.05, 4.69) is 22.2 Å². The maximum absolute atomic E-state index is 12.3. The quantitative estimate of drug-likeness (QED) is 0.441. The van der Waals surface area contributed by atoms with Gasteiger partial charge in [-0.1, -0.05) is 30.3 Å². The van der Waals surface area contributed by atoms with Gasteiger partial charge in [-0.3, -0.25) is 4.79 Å². The summed E-state index contributed by atoms with van der Waals surface area (Å²) in [5, 5.41) is 9.69. The molecule has 0 aliphatic carbocycles. The van der Waals surface area contributed by atoms with Gasteiger partial charge in [-0.15, -0.1) is 0 Å². The highest BCUT2D eigenvalue weighted by Crippen LogP contribution is 2.27. The number of carbonyl (C=O) groups is 1. The lowest BCUT2D eigenvalue weighted by molar-refractivity contribution is 0.0952. The van der Waals surface area contributed by atoms with Crippen LogP contribution in [0.15, 0.2) is 35.6 Å². The van der Waals surface area contributed by atoms with Crippen LogP contribution in [0.4, 0.5) is 5.82 Å². The van der Waals surface area contributed by atoms with Gasteiger partial charge in [0, 0.05) is 30.2 Å². The maximum atomic E-state index is 12.3. The Kier molecular flexibility index (Phi) is 6.71. The van der Waals surface area contributed by atoms with Crippen molar-refractivity contribution in [2.24, 2.45) is 0 Å². The fraction of sp³-hybridized carbons (Fsp3) is 0.400. The smallest absolute Gasteiger partial charge is 0.251 e. The number of hydrogen-bond acceptors (Lipinski definition) is 7. The molecule has 8 nitrogen and oxygen atoms in total. The van der Waals surface area contributed by atoms with Crippen LogP contribution in [0.1, 0.15) is 17.3 Å². The van der Waals surface area contributed by atoms with E-state index in [1.807, 2.05) is 10.9 Å². The number of carbonyl (C=O) groups excluding carboxylic acids is 1. The number of nitrogens with zero attached hydrogens (tertiary/aromatic N) is 5. The first kappa shape index (κ1) is 20.9. The van der Waals surface area contributed by atoms with E-state index in [4.69, 9.17) is 26.3 Å². The summed E-state index contributed by atoms with van der Waals surface area (Å²) in [7, 11) is 0. The minimum absolute atomic E-state index is 0.144. The fourth-order valence-electron chi connectivity index (χ4n) is 3.27. The van der Waals surface area contributed by atoms with Gasteiger partial charge >= 0.3 is 0 Å². The van der Waals surface area contributed by atoms with Gasteiger partial charge in [-0.25, -0.2) is 14.6 Å². The molecule has 0 atom stereocenters.